The van der Waals surface area contributed by atoms with Gasteiger partial charge < -0.3 is 10.0 Å². The summed E-state index contributed by atoms with van der Waals surface area (Å²) < 4.78 is 29.3. The summed E-state index contributed by atoms with van der Waals surface area (Å²) in [5.74, 6) is -0.318. The van der Waals surface area contributed by atoms with Crippen LogP contribution in [0.25, 0.3) is 22.3 Å². The molecule has 194 valence electrons. The van der Waals surface area contributed by atoms with E-state index in [1.807, 2.05) is 31.6 Å². The van der Waals surface area contributed by atoms with Crippen LogP contribution in [0.2, 0.25) is 0 Å². The molecule has 1 atom stereocenters. The van der Waals surface area contributed by atoms with Gasteiger partial charge in [0.15, 0.2) is 5.82 Å². The molecule has 0 radical (unpaired) electrons. The number of hydrogen-bond donors (Lipinski definition) is 1. The van der Waals surface area contributed by atoms with Crippen LogP contribution in [-0.4, -0.2) is 60.9 Å². The summed E-state index contributed by atoms with van der Waals surface area (Å²) in [6, 6.07) is 5.53. The number of nitrogens with zero attached hydrogens (tertiary/aromatic N) is 7. The van der Waals surface area contributed by atoms with Crippen molar-refractivity contribution in [1.82, 2.24) is 29.6 Å². The number of pyridine rings is 1. The molecule has 10 heteroatoms. The molecule has 1 unspecified atom stereocenters. The molecule has 0 bridgehead atoms. The molecular weight excluding hydrogens is 476 g/mol. The van der Waals surface area contributed by atoms with Gasteiger partial charge in [0, 0.05) is 62.7 Å². The van der Waals surface area contributed by atoms with Gasteiger partial charge in [0.2, 0.25) is 0 Å². The Morgan fingerprint density at radius 2 is 1.78 bits per heavy atom. The zero-order valence-corrected chi connectivity index (χ0v) is 21.3. The molecule has 1 N–H and O–H groups in total. The van der Waals surface area contributed by atoms with Crippen LogP contribution < -0.4 is 4.90 Å². The van der Waals surface area contributed by atoms with E-state index >= 15 is 0 Å². The summed E-state index contributed by atoms with van der Waals surface area (Å²) in [5.41, 5.74) is 3.96. The quantitative estimate of drug-likeness (QED) is 0.402. The minimum atomic E-state index is -0.684. The molecule has 8 nitrogen and oxygen atoms in total. The number of hydrogen-bond acceptors (Lipinski definition) is 7. The highest BCUT2D eigenvalue weighted by molar-refractivity contribution is 5.83. The van der Waals surface area contributed by atoms with E-state index in [1.165, 1.54) is 12.1 Å². The maximum Gasteiger partial charge on any atom is 0.156 e. The van der Waals surface area contributed by atoms with Gasteiger partial charge >= 0.3 is 0 Å². The molecule has 1 aliphatic rings. The molecule has 1 saturated heterocycles. The first-order valence-electron chi connectivity index (χ1n) is 12.6. The number of rotatable bonds is 7. The summed E-state index contributed by atoms with van der Waals surface area (Å²) in [6.07, 6.45) is 4.73. The van der Waals surface area contributed by atoms with E-state index in [0.717, 1.165) is 29.7 Å². The Morgan fingerprint density at radius 3 is 2.46 bits per heavy atom. The van der Waals surface area contributed by atoms with Crippen molar-refractivity contribution in [2.24, 2.45) is 5.92 Å². The van der Waals surface area contributed by atoms with Crippen molar-refractivity contribution in [3.63, 3.8) is 0 Å². The van der Waals surface area contributed by atoms with Gasteiger partial charge in [-0.2, -0.15) is 5.10 Å². The first kappa shape index (κ1) is 25.2. The van der Waals surface area contributed by atoms with Crippen LogP contribution in [0.1, 0.15) is 38.1 Å². The number of aliphatic hydroxyl groups is 1. The Morgan fingerprint density at radius 1 is 1.00 bits per heavy atom. The van der Waals surface area contributed by atoms with Crippen molar-refractivity contribution in [3.8, 4) is 11.3 Å². The first-order chi connectivity index (χ1) is 17.8. The minimum Gasteiger partial charge on any atom is -0.387 e. The van der Waals surface area contributed by atoms with Gasteiger partial charge in [-0.3, -0.25) is 14.6 Å². The second kappa shape index (κ2) is 10.5. The summed E-state index contributed by atoms with van der Waals surface area (Å²) in [4.78, 5) is 18.7. The number of aryl methyl sites for hydroxylation is 1. The summed E-state index contributed by atoms with van der Waals surface area (Å²) in [7, 11) is 0. The molecule has 5 rings (SSSR count). The fourth-order valence-electron chi connectivity index (χ4n) is 4.55. The molecule has 0 saturated carbocycles. The lowest BCUT2D eigenvalue weighted by Gasteiger charge is -2.36. The SMILES string of the molecule is CCn1cc(-c2nc3cc(C(O)C(C)C)ncc3nc2N2CCN(Cc3ccc(F)cc3F)CC2)cn1. The Bertz CT molecular complexity index is 1400. The molecule has 0 spiro atoms. The molecular formula is C27H31F2N7O. The normalized spacial score (nSPS) is 15.6. The summed E-state index contributed by atoms with van der Waals surface area (Å²) in [5, 5.41) is 14.9. The van der Waals surface area contributed by atoms with Gasteiger partial charge in [0.05, 0.1) is 29.7 Å². The molecule has 1 fully saturated rings. The third-order valence-electron chi connectivity index (χ3n) is 6.80. The molecule has 0 aliphatic carbocycles. The molecule has 4 heterocycles. The van der Waals surface area contributed by atoms with Crippen molar-refractivity contribution >= 4 is 16.9 Å². The minimum absolute atomic E-state index is 0.0270. The van der Waals surface area contributed by atoms with Crippen molar-refractivity contribution in [3.05, 3.63) is 65.7 Å². The van der Waals surface area contributed by atoms with Gasteiger partial charge in [-0.05, 0) is 25.0 Å². The lowest BCUT2D eigenvalue weighted by Crippen LogP contribution is -2.46. The van der Waals surface area contributed by atoms with Crippen LogP contribution >= 0.6 is 0 Å². The third kappa shape index (κ3) is 5.30. The molecule has 1 aromatic carbocycles. The van der Waals surface area contributed by atoms with Crippen LogP contribution in [0.3, 0.4) is 0 Å². The molecule has 37 heavy (non-hydrogen) atoms. The Labute approximate surface area is 214 Å². The van der Waals surface area contributed by atoms with E-state index in [-0.39, 0.29) is 5.92 Å². The van der Waals surface area contributed by atoms with Crippen LogP contribution in [0.15, 0.2) is 42.9 Å². The van der Waals surface area contributed by atoms with Crippen LogP contribution in [0, 0.1) is 17.6 Å². The van der Waals surface area contributed by atoms with E-state index in [2.05, 4.69) is 19.9 Å². The zero-order valence-electron chi connectivity index (χ0n) is 21.3. The topological polar surface area (TPSA) is 83.2 Å². The number of aliphatic hydroxyl groups excluding tert-OH is 1. The van der Waals surface area contributed by atoms with E-state index in [0.29, 0.717) is 55.0 Å². The van der Waals surface area contributed by atoms with Crippen LogP contribution in [0.5, 0.6) is 0 Å². The average Bonchev–Trinajstić information content (AvgIpc) is 3.38. The number of aromatic nitrogens is 5. The lowest BCUT2D eigenvalue weighted by molar-refractivity contribution is 0.122. The number of fused-ring (bicyclic) bond motifs is 1. The van der Waals surface area contributed by atoms with E-state index in [4.69, 9.17) is 9.97 Å². The van der Waals surface area contributed by atoms with Gasteiger partial charge in [-0.25, -0.2) is 18.7 Å². The second-order valence-corrected chi connectivity index (χ2v) is 9.77. The largest absolute Gasteiger partial charge is 0.387 e. The third-order valence-corrected chi connectivity index (χ3v) is 6.80. The fourth-order valence-corrected chi connectivity index (χ4v) is 4.55. The number of piperazine rings is 1. The van der Waals surface area contributed by atoms with E-state index in [1.54, 1.807) is 18.5 Å². The maximum atomic E-state index is 14.2. The maximum absolute atomic E-state index is 14.2. The van der Waals surface area contributed by atoms with Gasteiger partial charge in [-0.1, -0.05) is 19.9 Å². The van der Waals surface area contributed by atoms with Gasteiger partial charge in [0.1, 0.15) is 22.8 Å². The number of anilines is 1. The smallest absolute Gasteiger partial charge is 0.156 e. The fraction of sp³-hybridized carbons (Fsp3) is 0.407. The first-order valence-corrected chi connectivity index (χ1v) is 12.6. The van der Waals surface area contributed by atoms with Gasteiger partial charge in [-0.15, -0.1) is 0 Å². The van der Waals surface area contributed by atoms with Crippen molar-refractivity contribution < 1.29 is 13.9 Å². The Kier molecular flexibility index (Phi) is 7.12. The summed E-state index contributed by atoms with van der Waals surface area (Å²) >= 11 is 0. The number of halogens is 2. The van der Waals surface area contributed by atoms with Crippen LogP contribution in [0.4, 0.5) is 14.6 Å². The van der Waals surface area contributed by atoms with Crippen molar-refractivity contribution in [1.29, 1.82) is 0 Å². The molecule has 0 amide bonds. The number of benzene rings is 1. The molecule has 3 aromatic heterocycles. The van der Waals surface area contributed by atoms with E-state index in [9.17, 15) is 13.9 Å². The highest BCUT2D eigenvalue weighted by Crippen LogP contribution is 2.31. The predicted octanol–water partition coefficient (Wildman–Crippen LogP) is 4.20. The molecule has 4 aromatic rings. The Hall–Kier alpha value is -3.50. The predicted molar refractivity (Wildman–Crippen MR) is 138 cm³/mol. The van der Waals surface area contributed by atoms with Crippen molar-refractivity contribution in [2.45, 2.75) is 40.0 Å². The highest BCUT2D eigenvalue weighted by atomic mass is 19.1. The standard InChI is InChI=1S/C27H31F2N7O/c1-4-36-16-19(13-31-36)25-27(33-24-14-30-23(12-22(24)32-25)26(37)17(2)3)35-9-7-34(8-10-35)15-18-5-6-20(28)11-21(18)29/h5-6,11-14,16-17,26,37H,4,7-10,15H2,1-3H3. The van der Waals surface area contributed by atoms with Crippen molar-refractivity contribution in [2.75, 3.05) is 31.1 Å². The summed E-state index contributed by atoms with van der Waals surface area (Å²) in [6.45, 7) is 9.82. The average molecular weight is 508 g/mol. The monoisotopic (exact) mass is 507 g/mol. The zero-order chi connectivity index (χ0) is 26.1. The van der Waals surface area contributed by atoms with Gasteiger partial charge in [0.25, 0.3) is 0 Å². The van der Waals surface area contributed by atoms with Crippen LogP contribution in [-0.2, 0) is 13.1 Å². The lowest BCUT2D eigenvalue weighted by atomic mass is 10.0. The second-order valence-electron chi connectivity index (χ2n) is 9.77. The highest BCUT2D eigenvalue weighted by Gasteiger charge is 2.24. The van der Waals surface area contributed by atoms with E-state index < -0.39 is 17.7 Å². The molecule has 1 aliphatic heterocycles. The Balaban J connectivity index is 1.44.